The number of carbonyl (C=O) groups excluding carboxylic acids is 1. The zero-order valence-electron chi connectivity index (χ0n) is 3.85. The van der Waals surface area contributed by atoms with E-state index in [0.29, 0.717) is 0 Å². The quantitative estimate of drug-likeness (QED) is 0.256. The summed E-state index contributed by atoms with van der Waals surface area (Å²) in [6.45, 7) is 0. The van der Waals surface area contributed by atoms with Crippen LogP contribution < -0.4 is 11.5 Å². The Labute approximate surface area is 46.7 Å². The highest BCUT2D eigenvalue weighted by Crippen LogP contribution is 2.11. The van der Waals surface area contributed by atoms with E-state index in [1.165, 1.54) is 0 Å². The Bertz CT molecular complexity index is 58.3. The largest absolute Gasteiger partial charge is 0.352 e. The topological polar surface area (TPSA) is 130 Å². The number of nitrogens with two attached hydrogens (primary N) is 2. The maximum absolute atomic E-state index is 9.00. The molecule has 0 saturated heterocycles. The van der Waals surface area contributed by atoms with Crippen LogP contribution >= 0.6 is 8.60 Å². The van der Waals surface area contributed by atoms with Gasteiger partial charge in [0.05, 0.1) is 0 Å². The molecule has 50 valence electrons. The maximum atomic E-state index is 9.00. The summed E-state index contributed by atoms with van der Waals surface area (Å²) in [5, 5.41) is 0. The van der Waals surface area contributed by atoms with Crippen LogP contribution in [-0.2, 0) is 0 Å². The molecule has 0 rings (SSSR count). The van der Waals surface area contributed by atoms with Crippen LogP contribution in [0, 0.1) is 0 Å². The monoisotopic (exact) mass is 142 g/mol. The van der Waals surface area contributed by atoms with Gasteiger partial charge in [0.2, 0.25) is 0 Å². The van der Waals surface area contributed by atoms with Gasteiger partial charge in [-0.1, -0.05) is 0 Å². The molecule has 7 heteroatoms. The first-order chi connectivity index (χ1) is 3.46. The summed E-state index contributed by atoms with van der Waals surface area (Å²) in [7, 11) is -2.62. The number of primary amides is 2. The van der Waals surface area contributed by atoms with Gasteiger partial charge in [-0.3, -0.25) is 0 Å². The Morgan fingerprint density at radius 1 is 1.25 bits per heavy atom. The average Bonchev–Trinajstić information content (AvgIpc) is 1.25. The highest BCUT2D eigenvalue weighted by molar-refractivity contribution is 7.38. The number of urea groups is 1. The van der Waals surface area contributed by atoms with Crippen LogP contribution in [0.3, 0.4) is 0 Å². The van der Waals surface area contributed by atoms with Crippen molar-refractivity contribution >= 4 is 14.6 Å². The summed E-state index contributed by atoms with van der Waals surface area (Å²) in [5.41, 5.74) is 8.50. The third-order valence-electron chi connectivity index (χ3n) is 0. The second-order valence-corrected chi connectivity index (χ2v) is 1.21. The molecular weight excluding hydrogens is 135 g/mol. The molecule has 7 N–H and O–H groups in total. The van der Waals surface area contributed by atoms with Gasteiger partial charge in [-0.15, -0.1) is 0 Å². The summed E-state index contributed by atoms with van der Waals surface area (Å²) < 4.78 is 0. The molecule has 0 saturated carbocycles. The van der Waals surface area contributed by atoms with Crippen molar-refractivity contribution in [2.75, 3.05) is 0 Å². The predicted molar refractivity (Wildman–Crippen MR) is 27.3 cm³/mol. The molecule has 0 aromatic heterocycles. The Morgan fingerprint density at radius 2 is 1.25 bits per heavy atom. The van der Waals surface area contributed by atoms with E-state index in [4.69, 9.17) is 19.5 Å². The van der Waals surface area contributed by atoms with Gasteiger partial charge in [0.25, 0.3) is 0 Å². The Hall–Kier alpha value is -0.420. The molecule has 0 aromatic carbocycles. The van der Waals surface area contributed by atoms with Gasteiger partial charge in [0.15, 0.2) is 0 Å². The summed E-state index contributed by atoms with van der Waals surface area (Å²) in [6.07, 6.45) is 0. The van der Waals surface area contributed by atoms with Crippen LogP contribution in [0.1, 0.15) is 0 Å². The van der Waals surface area contributed by atoms with E-state index >= 15 is 0 Å². The first-order valence-corrected chi connectivity index (χ1v) is 2.58. The van der Waals surface area contributed by atoms with Crippen molar-refractivity contribution in [2.45, 2.75) is 0 Å². The molecule has 0 aliphatic carbocycles. The van der Waals surface area contributed by atoms with E-state index in [0.717, 1.165) is 0 Å². The fourth-order valence-electron chi connectivity index (χ4n) is 0. The van der Waals surface area contributed by atoms with Gasteiger partial charge in [-0.2, -0.15) is 0 Å². The van der Waals surface area contributed by atoms with Crippen molar-refractivity contribution in [1.82, 2.24) is 0 Å². The van der Waals surface area contributed by atoms with E-state index in [2.05, 4.69) is 11.5 Å². The first-order valence-electron chi connectivity index (χ1n) is 1.38. The third kappa shape index (κ3) is 664. The second kappa shape index (κ2) is 6.58. The highest BCUT2D eigenvalue weighted by Gasteiger charge is 1.76. The van der Waals surface area contributed by atoms with E-state index in [-0.39, 0.29) is 0 Å². The second-order valence-electron chi connectivity index (χ2n) is 0.671. The molecule has 8 heavy (non-hydrogen) atoms. The van der Waals surface area contributed by atoms with Crippen molar-refractivity contribution in [2.24, 2.45) is 11.5 Å². The number of carbonyl (C=O) groups is 1. The average molecular weight is 142 g/mol. The third-order valence-corrected chi connectivity index (χ3v) is 0. The zero-order chi connectivity index (χ0) is 7.15. The molecule has 0 fully saturated rings. The van der Waals surface area contributed by atoms with Gasteiger partial charge >= 0.3 is 14.6 Å². The van der Waals surface area contributed by atoms with Crippen molar-refractivity contribution in [1.29, 1.82) is 0 Å². The molecule has 0 aliphatic rings. The number of rotatable bonds is 0. The smallest absolute Gasteiger partial charge is 0.324 e. The van der Waals surface area contributed by atoms with Crippen LogP contribution in [0.15, 0.2) is 0 Å². The summed E-state index contributed by atoms with van der Waals surface area (Å²) in [6, 6.07) is -0.833. The zero-order valence-corrected chi connectivity index (χ0v) is 4.75. The molecule has 0 unspecified atom stereocenters. The lowest BCUT2D eigenvalue weighted by atomic mass is 11.2. The minimum Gasteiger partial charge on any atom is -0.352 e. The molecule has 0 spiro atoms. The molecule has 0 aromatic rings. The molecule has 2 amide bonds. The molecule has 6 nitrogen and oxygen atoms in total. The summed E-state index contributed by atoms with van der Waals surface area (Å²) >= 11 is 0. The van der Waals surface area contributed by atoms with Crippen molar-refractivity contribution in [3.8, 4) is 0 Å². The molecule has 0 aliphatic heterocycles. The number of amides is 2. The summed E-state index contributed by atoms with van der Waals surface area (Å²) in [5.74, 6) is 0. The first kappa shape index (κ1) is 10.5. The summed E-state index contributed by atoms with van der Waals surface area (Å²) in [4.78, 5) is 30.7. The number of hydrogen-bond donors (Lipinski definition) is 5. The molecule has 0 heterocycles. The SMILES string of the molecule is NC(N)=O.OP(O)O. The van der Waals surface area contributed by atoms with E-state index in [9.17, 15) is 0 Å². The minimum absolute atomic E-state index is 0.833. The Kier molecular flexibility index (Phi) is 8.67. The Balaban J connectivity index is 0. The van der Waals surface area contributed by atoms with Crippen molar-refractivity contribution in [3.05, 3.63) is 0 Å². The minimum atomic E-state index is -2.62. The van der Waals surface area contributed by atoms with Crippen LogP contribution in [0.2, 0.25) is 0 Å². The maximum Gasteiger partial charge on any atom is 0.324 e. The predicted octanol–water partition coefficient (Wildman–Crippen LogP) is -1.79. The molecular formula is CH7N2O4P. The highest BCUT2D eigenvalue weighted by atomic mass is 31.2. The normalized spacial score (nSPS) is 7.50. The van der Waals surface area contributed by atoms with Crippen LogP contribution in [0.4, 0.5) is 4.79 Å². The molecule has 0 bridgehead atoms. The van der Waals surface area contributed by atoms with Gasteiger partial charge in [-0.05, 0) is 0 Å². The fraction of sp³-hybridized carbons (Fsp3) is 0. The lowest BCUT2D eigenvalue weighted by Gasteiger charge is -1.76. The van der Waals surface area contributed by atoms with Crippen molar-refractivity contribution < 1.29 is 19.5 Å². The lowest BCUT2D eigenvalue weighted by molar-refractivity contribution is 0.256. The van der Waals surface area contributed by atoms with E-state index < -0.39 is 14.6 Å². The van der Waals surface area contributed by atoms with E-state index in [1.807, 2.05) is 0 Å². The van der Waals surface area contributed by atoms with E-state index in [1.54, 1.807) is 0 Å². The van der Waals surface area contributed by atoms with Gasteiger partial charge in [0.1, 0.15) is 0 Å². The molecule has 0 radical (unpaired) electrons. The van der Waals surface area contributed by atoms with Crippen LogP contribution in [0.25, 0.3) is 0 Å². The van der Waals surface area contributed by atoms with Gasteiger partial charge in [0, 0.05) is 0 Å². The number of hydrogen-bond acceptors (Lipinski definition) is 4. The molecule has 0 atom stereocenters. The van der Waals surface area contributed by atoms with Crippen LogP contribution in [0.5, 0.6) is 0 Å². The van der Waals surface area contributed by atoms with Crippen molar-refractivity contribution in [3.63, 3.8) is 0 Å². The standard InChI is InChI=1S/CH4N2O.H3O3P/c2-1(3)4;1-4(2)3/h(H4,2,3,4);1-3H. The Morgan fingerprint density at radius 3 is 1.25 bits per heavy atom. The van der Waals surface area contributed by atoms with Crippen LogP contribution in [-0.4, -0.2) is 20.7 Å². The van der Waals surface area contributed by atoms with Gasteiger partial charge < -0.3 is 26.1 Å². The van der Waals surface area contributed by atoms with Gasteiger partial charge in [-0.25, -0.2) is 4.79 Å². The lowest BCUT2D eigenvalue weighted by Crippen LogP contribution is -2.18. The fourth-order valence-corrected chi connectivity index (χ4v) is 0.